The van der Waals surface area contributed by atoms with Gasteiger partial charge in [-0.15, -0.1) is 0 Å². The Morgan fingerprint density at radius 2 is 1.88 bits per heavy atom. The van der Waals surface area contributed by atoms with E-state index in [0.29, 0.717) is 5.92 Å². The predicted molar refractivity (Wildman–Crippen MR) is 72.8 cm³/mol. The van der Waals surface area contributed by atoms with E-state index >= 15 is 0 Å². The molecule has 0 aromatic carbocycles. The van der Waals surface area contributed by atoms with E-state index in [1.807, 2.05) is 0 Å². The van der Waals surface area contributed by atoms with Gasteiger partial charge in [0.2, 0.25) is 0 Å². The monoisotopic (exact) mass is 236 g/mol. The van der Waals surface area contributed by atoms with Gasteiger partial charge in [0, 0.05) is 0 Å². The lowest BCUT2D eigenvalue weighted by Crippen LogP contribution is -2.33. The lowest BCUT2D eigenvalue weighted by atomic mass is 9.66. The van der Waals surface area contributed by atoms with Crippen LogP contribution >= 0.6 is 0 Å². The molecule has 0 aliphatic heterocycles. The maximum Gasteiger partial charge on any atom is 0.0605 e. The predicted octanol–water partition coefficient (Wildman–Crippen LogP) is 4.31. The number of hydrogen-bond donors (Lipinski definition) is 1. The van der Waals surface area contributed by atoms with E-state index in [1.165, 1.54) is 50.5 Å². The largest absolute Gasteiger partial charge is 0.393 e. The van der Waals surface area contributed by atoms with Crippen molar-refractivity contribution in [2.75, 3.05) is 0 Å². The minimum atomic E-state index is -0.120. The van der Waals surface area contributed by atoms with Crippen molar-refractivity contribution < 1.29 is 5.11 Å². The SMILES string of the molecule is C=C(CC)CC(O)C1CCC2CCCCC2C1. The average Bonchev–Trinajstić information content (AvgIpc) is 2.38. The summed E-state index contributed by atoms with van der Waals surface area (Å²) in [7, 11) is 0. The van der Waals surface area contributed by atoms with Gasteiger partial charge in [0.1, 0.15) is 0 Å². The topological polar surface area (TPSA) is 20.2 Å². The summed E-state index contributed by atoms with van der Waals surface area (Å²) in [6.45, 7) is 6.16. The van der Waals surface area contributed by atoms with Gasteiger partial charge < -0.3 is 5.11 Å². The molecule has 1 heteroatoms. The fourth-order valence-electron chi connectivity index (χ4n) is 3.87. The van der Waals surface area contributed by atoms with Crippen LogP contribution in [0.4, 0.5) is 0 Å². The molecule has 0 saturated heterocycles. The van der Waals surface area contributed by atoms with Crippen LogP contribution in [0.5, 0.6) is 0 Å². The zero-order valence-electron chi connectivity index (χ0n) is 11.3. The zero-order chi connectivity index (χ0) is 12.3. The molecule has 98 valence electrons. The van der Waals surface area contributed by atoms with Gasteiger partial charge in [0.15, 0.2) is 0 Å². The van der Waals surface area contributed by atoms with E-state index in [0.717, 1.165) is 24.7 Å². The second kappa shape index (κ2) is 6.04. The highest BCUT2D eigenvalue weighted by Gasteiger charge is 2.34. The molecule has 2 aliphatic carbocycles. The second-order valence-corrected chi connectivity index (χ2v) is 6.25. The summed E-state index contributed by atoms with van der Waals surface area (Å²) >= 11 is 0. The standard InChI is InChI=1S/C16H28O/c1-3-12(2)10-16(17)15-9-8-13-6-4-5-7-14(13)11-15/h13-17H,2-11H2,1H3. The van der Waals surface area contributed by atoms with E-state index in [9.17, 15) is 5.11 Å². The van der Waals surface area contributed by atoms with Crippen molar-refractivity contribution in [1.82, 2.24) is 0 Å². The number of aliphatic hydroxyl groups excluding tert-OH is 1. The van der Waals surface area contributed by atoms with Crippen LogP contribution in [0.15, 0.2) is 12.2 Å². The Morgan fingerprint density at radius 3 is 2.59 bits per heavy atom. The first-order valence-electron chi connectivity index (χ1n) is 7.55. The van der Waals surface area contributed by atoms with Gasteiger partial charge in [0.05, 0.1) is 6.10 Å². The maximum absolute atomic E-state index is 10.3. The molecule has 0 bridgehead atoms. The van der Waals surface area contributed by atoms with Crippen LogP contribution in [-0.2, 0) is 0 Å². The molecule has 2 saturated carbocycles. The quantitative estimate of drug-likeness (QED) is 0.721. The lowest BCUT2D eigenvalue weighted by Gasteiger charge is -2.41. The Balaban J connectivity index is 1.84. The third-order valence-electron chi connectivity index (χ3n) is 5.12. The number of fused-ring (bicyclic) bond motifs is 1. The smallest absolute Gasteiger partial charge is 0.0605 e. The molecule has 0 amide bonds. The van der Waals surface area contributed by atoms with Gasteiger partial charge in [-0.1, -0.05) is 44.8 Å². The summed E-state index contributed by atoms with van der Waals surface area (Å²) in [6, 6.07) is 0. The van der Waals surface area contributed by atoms with Gasteiger partial charge in [-0.2, -0.15) is 0 Å². The Labute approximate surface area is 106 Å². The van der Waals surface area contributed by atoms with Crippen LogP contribution in [0, 0.1) is 17.8 Å². The van der Waals surface area contributed by atoms with Gasteiger partial charge in [-0.3, -0.25) is 0 Å². The van der Waals surface area contributed by atoms with E-state index in [4.69, 9.17) is 0 Å². The molecule has 4 unspecified atom stereocenters. The molecule has 2 fully saturated rings. The normalized spacial score (nSPS) is 35.1. The Hall–Kier alpha value is -0.300. The third kappa shape index (κ3) is 3.34. The van der Waals surface area contributed by atoms with Gasteiger partial charge in [-0.05, 0) is 49.9 Å². The molecule has 2 aliphatic rings. The first-order chi connectivity index (χ1) is 8.20. The molecule has 0 radical (unpaired) electrons. The van der Waals surface area contributed by atoms with Crippen LogP contribution in [0.1, 0.15) is 64.7 Å². The molecule has 2 rings (SSSR count). The van der Waals surface area contributed by atoms with Crippen molar-refractivity contribution in [3.63, 3.8) is 0 Å². The maximum atomic E-state index is 10.3. The molecule has 1 N–H and O–H groups in total. The highest BCUT2D eigenvalue weighted by Crippen LogP contribution is 2.44. The molecule has 4 atom stereocenters. The summed E-state index contributed by atoms with van der Waals surface area (Å²) in [6.07, 6.45) is 11.4. The van der Waals surface area contributed by atoms with Gasteiger partial charge in [-0.25, -0.2) is 0 Å². The Kier molecular flexibility index (Phi) is 4.67. The van der Waals surface area contributed by atoms with Crippen LogP contribution in [0.25, 0.3) is 0 Å². The van der Waals surface area contributed by atoms with Crippen molar-refractivity contribution in [2.45, 2.75) is 70.8 Å². The molecule has 17 heavy (non-hydrogen) atoms. The Bertz CT molecular complexity index is 258. The fourth-order valence-corrected chi connectivity index (χ4v) is 3.87. The second-order valence-electron chi connectivity index (χ2n) is 6.25. The highest BCUT2D eigenvalue weighted by atomic mass is 16.3. The van der Waals surface area contributed by atoms with Crippen LogP contribution in [-0.4, -0.2) is 11.2 Å². The number of aliphatic hydroxyl groups is 1. The van der Waals surface area contributed by atoms with E-state index in [1.54, 1.807) is 0 Å². The number of rotatable bonds is 4. The lowest BCUT2D eigenvalue weighted by molar-refractivity contribution is 0.0358. The van der Waals surface area contributed by atoms with Crippen molar-refractivity contribution in [2.24, 2.45) is 17.8 Å². The first kappa shape index (κ1) is 13.1. The molecule has 1 nitrogen and oxygen atoms in total. The zero-order valence-corrected chi connectivity index (χ0v) is 11.3. The number of hydrogen-bond acceptors (Lipinski definition) is 1. The summed E-state index contributed by atoms with van der Waals surface area (Å²) in [4.78, 5) is 0. The molecule has 0 aromatic heterocycles. The average molecular weight is 236 g/mol. The molecular weight excluding hydrogens is 208 g/mol. The van der Waals surface area contributed by atoms with E-state index in [2.05, 4.69) is 13.5 Å². The minimum Gasteiger partial charge on any atom is -0.393 e. The molecule has 0 heterocycles. The van der Waals surface area contributed by atoms with Crippen LogP contribution in [0.2, 0.25) is 0 Å². The summed E-state index contributed by atoms with van der Waals surface area (Å²) in [5, 5.41) is 10.3. The summed E-state index contributed by atoms with van der Waals surface area (Å²) in [5.74, 6) is 2.46. The van der Waals surface area contributed by atoms with Crippen molar-refractivity contribution in [3.05, 3.63) is 12.2 Å². The third-order valence-corrected chi connectivity index (χ3v) is 5.12. The molecule has 0 aromatic rings. The summed E-state index contributed by atoms with van der Waals surface area (Å²) in [5.41, 5.74) is 1.21. The van der Waals surface area contributed by atoms with Crippen LogP contribution in [0.3, 0.4) is 0 Å². The molecule has 0 spiro atoms. The minimum absolute atomic E-state index is 0.120. The summed E-state index contributed by atoms with van der Waals surface area (Å²) < 4.78 is 0. The highest BCUT2D eigenvalue weighted by molar-refractivity contribution is 4.97. The first-order valence-corrected chi connectivity index (χ1v) is 7.55. The van der Waals surface area contributed by atoms with Crippen molar-refractivity contribution in [3.8, 4) is 0 Å². The van der Waals surface area contributed by atoms with Gasteiger partial charge in [0.25, 0.3) is 0 Å². The van der Waals surface area contributed by atoms with E-state index in [-0.39, 0.29) is 6.10 Å². The molecular formula is C16H28O. The van der Waals surface area contributed by atoms with Crippen LogP contribution < -0.4 is 0 Å². The van der Waals surface area contributed by atoms with E-state index < -0.39 is 0 Å². The van der Waals surface area contributed by atoms with Crippen molar-refractivity contribution in [1.29, 1.82) is 0 Å². The van der Waals surface area contributed by atoms with Gasteiger partial charge >= 0.3 is 0 Å². The Morgan fingerprint density at radius 1 is 1.18 bits per heavy atom. The fraction of sp³-hybridized carbons (Fsp3) is 0.875. The van der Waals surface area contributed by atoms with Crippen molar-refractivity contribution >= 4 is 0 Å².